The van der Waals surface area contributed by atoms with Gasteiger partial charge in [-0.3, -0.25) is 14.6 Å². The molecule has 4 rings (SSSR count). The number of halogens is 3. The molecule has 170 valence electrons. The number of pyridine rings is 1. The molecule has 6 nitrogen and oxygen atoms in total. The number of carbonyl (C=O) groups is 2. The standard InChI is InChI=1S/C23H24F3N3O3/c1-15(21(31)29-12-10-22(8-9-22)11-13-29)28-20(30)17-4-7-19(27-14-17)16-2-5-18(6-3-16)32-23(24,25)26/h2-7,14-15H,8-13H2,1H3,(H,28,30). The Morgan fingerprint density at radius 2 is 1.72 bits per heavy atom. The number of piperidine rings is 1. The molecule has 1 aromatic carbocycles. The Hall–Kier alpha value is -3.10. The van der Waals surface area contributed by atoms with E-state index in [2.05, 4.69) is 15.0 Å². The summed E-state index contributed by atoms with van der Waals surface area (Å²) in [5.41, 5.74) is 1.84. The summed E-state index contributed by atoms with van der Waals surface area (Å²) in [6, 6.07) is 7.82. The van der Waals surface area contributed by atoms with E-state index in [0.717, 1.165) is 25.9 Å². The van der Waals surface area contributed by atoms with Crippen molar-refractivity contribution in [1.29, 1.82) is 0 Å². The van der Waals surface area contributed by atoms with Crippen LogP contribution in [0.1, 0.15) is 43.0 Å². The molecule has 0 radical (unpaired) electrons. The number of benzene rings is 1. The minimum absolute atomic E-state index is 0.0837. The molecule has 1 spiro atoms. The largest absolute Gasteiger partial charge is 0.573 e. The molecule has 1 aliphatic heterocycles. The number of nitrogens with zero attached hydrogens (tertiary/aromatic N) is 2. The molecule has 1 aliphatic carbocycles. The van der Waals surface area contributed by atoms with E-state index in [1.807, 2.05) is 4.90 Å². The second-order valence-electron chi connectivity index (χ2n) is 8.52. The maximum atomic E-state index is 12.7. The fourth-order valence-electron chi connectivity index (χ4n) is 4.02. The normalized spacial score (nSPS) is 18.2. The predicted molar refractivity (Wildman–Crippen MR) is 111 cm³/mol. The average Bonchev–Trinajstić information content (AvgIpc) is 3.52. The Morgan fingerprint density at radius 1 is 1.06 bits per heavy atom. The van der Waals surface area contributed by atoms with E-state index in [0.29, 0.717) is 22.2 Å². The van der Waals surface area contributed by atoms with E-state index in [4.69, 9.17) is 0 Å². The molecular formula is C23H24F3N3O3. The lowest BCUT2D eigenvalue weighted by atomic mass is 9.93. The highest BCUT2D eigenvalue weighted by Crippen LogP contribution is 2.53. The van der Waals surface area contributed by atoms with Gasteiger partial charge in [0.15, 0.2) is 0 Å². The van der Waals surface area contributed by atoms with Gasteiger partial charge in [-0.25, -0.2) is 0 Å². The van der Waals surface area contributed by atoms with Gasteiger partial charge in [0.25, 0.3) is 5.91 Å². The average molecular weight is 447 g/mol. The molecule has 1 saturated heterocycles. The fraction of sp³-hybridized carbons (Fsp3) is 0.435. The molecule has 9 heteroatoms. The van der Waals surface area contributed by atoms with Crippen LogP contribution >= 0.6 is 0 Å². The van der Waals surface area contributed by atoms with Crippen LogP contribution in [0.15, 0.2) is 42.6 Å². The molecule has 1 saturated carbocycles. The SMILES string of the molecule is CC(NC(=O)c1ccc(-c2ccc(OC(F)(F)F)cc2)nc1)C(=O)N1CCC2(CC1)CC2. The van der Waals surface area contributed by atoms with Crippen molar-refractivity contribution in [3.05, 3.63) is 48.2 Å². The van der Waals surface area contributed by atoms with Crippen molar-refractivity contribution >= 4 is 11.8 Å². The van der Waals surface area contributed by atoms with Crippen molar-refractivity contribution in [1.82, 2.24) is 15.2 Å². The number of hydrogen-bond acceptors (Lipinski definition) is 4. The summed E-state index contributed by atoms with van der Waals surface area (Å²) in [4.78, 5) is 31.2. The van der Waals surface area contributed by atoms with Crippen molar-refractivity contribution in [2.24, 2.45) is 5.41 Å². The van der Waals surface area contributed by atoms with E-state index in [-0.39, 0.29) is 11.7 Å². The molecular weight excluding hydrogens is 423 g/mol. The van der Waals surface area contributed by atoms with Crippen LogP contribution in [0.3, 0.4) is 0 Å². The zero-order valence-electron chi connectivity index (χ0n) is 17.6. The first-order chi connectivity index (χ1) is 15.1. The van der Waals surface area contributed by atoms with Crippen LogP contribution in [0.2, 0.25) is 0 Å². The Balaban J connectivity index is 1.33. The summed E-state index contributed by atoms with van der Waals surface area (Å²) in [6.07, 6.45) is 1.22. The highest BCUT2D eigenvalue weighted by molar-refractivity contribution is 5.97. The highest BCUT2D eigenvalue weighted by atomic mass is 19.4. The van der Waals surface area contributed by atoms with Crippen molar-refractivity contribution in [3.63, 3.8) is 0 Å². The fourth-order valence-corrected chi connectivity index (χ4v) is 4.02. The number of rotatable bonds is 5. The van der Waals surface area contributed by atoms with Gasteiger partial charge in [0.1, 0.15) is 11.8 Å². The van der Waals surface area contributed by atoms with Crippen LogP contribution in [0, 0.1) is 5.41 Å². The molecule has 2 aliphatic rings. The van der Waals surface area contributed by atoms with Gasteiger partial charge in [0, 0.05) is 24.8 Å². The van der Waals surface area contributed by atoms with Gasteiger partial charge in [-0.1, -0.05) is 0 Å². The quantitative estimate of drug-likeness (QED) is 0.747. The van der Waals surface area contributed by atoms with Crippen LogP contribution in [0.5, 0.6) is 5.75 Å². The summed E-state index contributed by atoms with van der Waals surface area (Å²) in [7, 11) is 0. The number of aromatic nitrogens is 1. The number of likely N-dealkylation sites (tertiary alicyclic amines) is 1. The lowest BCUT2D eigenvalue weighted by Crippen LogP contribution is -2.49. The maximum absolute atomic E-state index is 12.7. The summed E-state index contributed by atoms with van der Waals surface area (Å²) >= 11 is 0. The molecule has 32 heavy (non-hydrogen) atoms. The Bertz CT molecular complexity index is 976. The van der Waals surface area contributed by atoms with E-state index in [1.54, 1.807) is 19.1 Å². The minimum atomic E-state index is -4.75. The first kappa shape index (κ1) is 22.1. The van der Waals surface area contributed by atoms with Gasteiger partial charge in [0.2, 0.25) is 5.91 Å². The smallest absolute Gasteiger partial charge is 0.406 e. The van der Waals surface area contributed by atoms with Crippen LogP contribution in [0.4, 0.5) is 13.2 Å². The molecule has 1 atom stereocenters. The Kier molecular flexibility index (Phi) is 5.83. The summed E-state index contributed by atoms with van der Waals surface area (Å²) in [6.45, 7) is 3.15. The third kappa shape index (κ3) is 5.20. The van der Waals surface area contributed by atoms with E-state index in [9.17, 15) is 22.8 Å². The van der Waals surface area contributed by atoms with Crippen LogP contribution in [0.25, 0.3) is 11.3 Å². The van der Waals surface area contributed by atoms with Crippen molar-refractivity contribution < 1.29 is 27.5 Å². The zero-order chi connectivity index (χ0) is 22.9. The van der Waals surface area contributed by atoms with Gasteiger partial charge in [-0.05, 0) is 74.4 Å². The van der Waals surface area contributed by atoms with Gasteiger partial charge < -0.3 is 15.0 Å². The molecule has 0 bridgehead atoms. The third-order valence-corrected chi connectivity index (χ3v) is 6.22. The Morgan fingerprint density at radius 3 is 2.25 bits per heavy atom. The van der Waals surface area contributed by atoms with Crippen LogP contribution in [-0.4, -0.2) is 47.2 Å². The van der Waals surface area contributed by atoms with Crippen molar-refractivity contribution in [3.8, 4) is 17.0 Å². The summed E-state index contributed by atoms with van der Waals surface area (Å²) in [5, 5.41) is 2.72. The molecule has 1 unspecified atom stereocenters. The summed E-state index contributed by atoms with van der Waals surface area (Å²) < 4.78 is 40.7. The van der Waals surface area contributed by atoms with Gasteiger partial charge in [0.05, 0.1) is 11.3 Å². The van der Waals surface area contributed by atoms with Gasteiger partial charge in [-0.2, -0.15) is 0 Å². The number of hydrogen-bond donors (Lipinski definition) is 1. The first-order valence-electron chi connectivity index (χ1n) is 10.6. The van der Waals surface area contributed by atoms with Crippen LogP contribution in [-0.2, 0) is 4.79 Å². The van der Waals surface area contributed by atoms with Crippen molar-refractivity contribution in [2.75, 3.05) is 13.1 Å². The molecule has 2 heterocycles. The van der Waals surface area contributed by atoms with Gasteiger partial charge in [-0.15, -0.1) is 13.2 Å². The van der Waals surface area contributed by atoms with E-state index in [1.165, 1.54) is 43.3 Å². The lowest BCUT2D eigenvalue weighted by molar-refractivity contribution is -0.274. The number of carbonyl (C=O) groups excluding carboxylic acids is 2. The summed E-state index contributed by atoms with van der Waals surface area (Å²) in [5.74, 6) is -0.814. The molecule has 1 aromatic heterocycles. The predicted octanol–water partition coefficient (Wildman–Crippen LogP) is 4.17. The second-order valence-corrected chi connectivity index (χ2v) is 8.52. The maximum Gasteiger partial charge on any atom is 0.573 e. The van der Waals surface area contributed by atoms with Crippen molar-refractivity contribution in [2.45, 2.75) is 45.0 Å². The second kappa shape index (κ2) is 8.44. The highest BCUT2D eigenvalue weighted by Gasteiger charge is 2.45. The third-order valence-electron chi connectivity index (χ3n) is 6.22. The zero-order valence-corrected chi connectivity index (χ0v) is 17.6. The monoisotopic (exact) mass is 447 g/mol. The number of amides is 2. The van der Waals surface area contributed by atoms with E-state index >= 15 is 0 Å². The minimum Gasteiger partial charge on any atom is -0.406 e. The molecule has 2 aromatic rings. The molecule has 2 fully saturated rings. The number of alkyl halides is 3. The topological polar surface area (TPSA) is 71.5 Å². The lowest BCUT2D eigenvalue weighted by Gasteiger charge is -2.33. The molecule has 1 N–H and O–H groups in total. The Labute approximate surface area is 183 Å². The molecule has 2 amide bonds. The first-order valence-corrected chi connectivity index (χ1v) is 10.6. The van der Waals surface area contributed by atoms with Crippen LogP contribution < -0.4 is 10.1 Å². The van der Waals surface area contributed by atoms with Gasteiger partial charge >= 0.3 is 6.36 Å². The number of ether oxygens (including phenoxy) is 1. The number of nitrogens with one attached hydrogen (secondary N) is 1. The van der Waals surface area contributed by atoms with E-state index < -0.39 is 18.3 Å².